The van der Waals surface area contributed by atoms with Gasteiger partial charge >= 0.3 is 0 Å². The molecule has 1 N–H and O–H groups in total. The quantitative estimate of drug-likeness (QED) is 0.695. The average Bonchev–Trinajstić information content (AvgIpc) is 3.25. The maximum atomic E-state index is 5.66. The van der Waals surface area contributed by atoms with Gasteiger partial charge in [0.15, 0.2) is 0 Å². The molecule has 1 fully saturated rings. The topological polar surface area (TPSA) is 37.4 Å². The van der Waals surface area contributed by atoms with Crippen LogP contribution in [0.4, 0.5) is 11.6 Å². The van der Waals surface area contributed by atoms with Crippen LogP contribution in [0.15, 0.2) is 18.2 Å². The summed E-state index contributed by atoms with van der Waals surface area (Å²) in [5.74, 6) is 2.78. The first-order valence-electron chi connectivity index (χ1n) is 7.29. The van der Waals surface area contributed by atoms with E-state index in [1.54, 1.807) is 0 Å². The van der Waals surface area contributed by atoms with E-state index in [0.29, 0.717) is 0 Å². The lowest BCUT2D eigenvalue weighted by molar-refractivity contribution is 0.131. The van der Waals surface area contributed by atoms with Crippen LogP contribution in [0.2, 0.25) is 0 Å². The summed E-state index contributed by atoms with van der Waals surface area (Å²) in [4.78, 5) is 6.74. The van der Waals surface area contributed by atoms with Crippen molar-refractivity contribution in [2.75, 3.05) is 43.6 Å². The second-order valence-corrected chi connectivity index (χ2v) is 5.25. The van der Waals surface area contributed by atoms with Gasteiger partial charge in [-0.1, -0.05) is 13.0 Å². The largest absolute Gasteiger partial charge is 0.379 e. The number of hydrogen-bond donors (Lipinski definition) is 1. The highest BCUT2D eigenvalue weighted by Crippen LogP contribution is 2.28. The zero-order chi connectivity index (χ0) is 13.5. The van der Waals surface area contributed by atoms with Crippen molar-refractivity contribution in [2.24, 2.45) is 5.92 Å². The van der Waals surface area contributed by atoms with Gasteiger partial charge in [-0.15, -0.1) is 0 Å². The van der Waals surface area contributed by atoms with Gasteiger partial charge in [-0.05, 0) is 37.3 Å². The molecule has 1 saturated carbocycles. The molecule has 1 aliphatic carbocycles. The highest BCUT2D eigenvalue weighted by molar-refractivity contribution is 5.46. The fourth-order valence-electron chi connectivity index (χ4n) is 1.84. The molecule has 1 heterocycles. The standard InChI is InChI=1S/C15H25N3O/c1-3-9-16-14-5-4-6-15(17-14)18(2)10-11-19-12-13-7-8-13/h4-6,13H,3,7-12H2,1-2H3,(H,16,17). The summed E-state index contributed by atoms with van der Waals surface area (Å²) >= 11 is 0. The van der Waals surface area contributed by atoms with Gasteiger partial charge in [0.1, 0.15) is 11.6 Å². The van der Waals surface area contributed by atoms with Gasteiger partial charge in [-0.3, -0.25) is 0 Å². The molecule has 0 atom stereocenters. The number of rotatable bonds is 9. The van der Waals surface area contributed by atoms with E-state index in [1.807, 2.05) is 18.2 Å². The lowest BCUT2D eigenvalue weighted by atomic mass is 10.4. The van der Waals surface area contributed by atoms with E-state index >= 15 is 0 Å². The minimum Gasteiger partial charge on any atom is -0.379 e. The summed E-state index contributed by atoms with van der Waals surface area (Å²) < 4.78 is 5.66. The van der Waals surface area contributed by atoms with E-state index in [1.165, 1.54) is 12.8 Å². The SMILES string of the molecule is CCCNc1cccc(N(C)CCOCC2CC2)n1. The van der Waals surface area contributed by atoms with Gasteiger partial charge in [-0.2, -0.15) is 0 Å². The van der Waals surface area contributed by atoms with Crippen molar-refractivity contribution in [1.29, 1.82) is 0 Å². The summed E-state index contributed by atoms with van der Waals surface area (Å²) in [6, 6.07) is 6.09. The maximum absolute atomic E-state index is 5.66. The first-order chi connectivity index (χ1) is 9.29. The molecular formula is C15H25N3O. The van der Waals surface area contributed by atoms with Crippen LogP contribution in [0, 0.1) is 5.92 Å². The fourth-order valence-corrected chi connectivity index (χ4v) is 1.84. The summed E-state index contributed by atoms with van der Waals surface area (Å²) in [7, 11) is 2.06. The zero-order valence-electron chi connectivity index (χ0n) is 12.1. The molecule has 1 aromatic heterocycles. The third-order valence-corrected chi connectivity index (χ3v) is 3.30. The second-order valence-electron chi connectivity index (χ2n) is 5.25. The summed E-state index contributed by atoms with van der Waals surface area (Å²) in [5, 5.41) is 3.31. The summed E-state index contributed by atoms with van der Waals surface area (Å²) in [6.07, 6.45) is 3.81. The number of nitrogens with one attached hydrogen (secondary N) is 1. The summed E-state index contributed by atoms with van der Waals surface area (Å²) in [6.45, 7) is 5.71. The number of likely N-dealkylation sites (N-methyl/N-ethyl adjacent to an activating group) is 1. The third-order valence-electron chi connectivity index (χ3n) is 3.30. The molecule has 4 nitrogen and oxygen atoms in total. The van der Waals surface area contributed by atoms with Crippen LogP contribution in [-0.2, 0) is 4.74 Å². The molecule has 4 heteroatoms. The third kappa shape index (κ3) is 5.07. The molecule has 19 heavy (non-hydrogen) atoms. The van der Waals surface area contributed by atoms with Crippen molar-refractivity contribution in [1.82, 2.24) is 4.98 Å². The van der Waals surface area contributed by atoms with Crippen molar-refractivity contribution in [3.63, 3.8) is 0 Å². The number of ether oxygens (including phenoxy) is 1. The fraction of sp³-hybridized carbons (Fsp3) is 0.667. The van der Waals surface area contributed by atoms with Crippen molar-refractivity contribution < 1.29 is 4.74 Å². The Bertz CT molecular complexity index is 379. The predicted octanol–water partition coefficient (Wildman–Crippen LogP) is 2.77. The van der Waals surface area contributed by atoms with Crippen LogP contribution < -0.4 is 10.2 Å². The van der Waals surface area contributed by atoms with E-state index < -0.39 is 0 Å². The Labute approximate surface area is 116 Å². The Morgan fingerprint density at radius 3 is 3.00 bits per heavy atom. The Hall–Kier alpha value is -1.29. The first kappa shape index (κ1) is 14.1. The molecule has 1 aliphatic rings. The van der Waals surface area contributed by atoms with Gasteiger partial charge in [0.2, 0.25) is 0 Å². The summed E-state index contributed by atoms with van der Waals surface area (Å²) in [5.41, 5.74) is 0. The highest BCUT2D eigenvalue weighted by Gasteiger charge is 2.20. The molecule has 0 spiro atoms. The van der Waals surface area contributed by atoms with Crippen LogP contribution in [0.5, 0.6) is 0 Å². The highest BCUT2D eigenvalue weighted by atomic mass is 16.5. The van der Waals surface area contributed by atoms with E-state index in [-0.39, 0.29) is 0 Å². The van der Waals surface area contributed by atoms with Crippen LogP contribution in [-0.4, -0.2) is 38.3 Å². The van der Waals surface area contributed by atoms with E-state index in [9.17, 15) is 0 Å². The number of pyridine rings is 1. The Morgan fingerprint density at radius 1 is 1.42 bits per heavy atom. The number of hydrogen-bond acceptors (Lipinski definition) is 4. The number of anilines is 2. The molecule has 106 valence electrons. The molecule has 0 amide bonds. The van der Waals surface area contributed by atoms with Crippen LogP contribution in [0.25, 0.3) is 0 Å². The van der Waals surface area contributed by atoms with Gasteiger partial charge in [0.25, 0.3) is 0 Å². The monoisotopic (exact) mass is 263 g/mol. The molecule has 0 saturated heterocycles. The number of aromatic nitrogens is 1. The molecule has 2 rings (SSSR count). The smallest absolute Gasteiger partial charge is 0.130 e. The van der Waals surface area contributed by atoms with E-state index in [4.69, 9.17) is 4.74 Å². The Kier molecular flexibility index (Phi) is 5.45. The number of nitrogens with zero attached hydrogens (tertiary/aromatic N) is 2. The van der Waals surface area contributed by atoms with Crippen LogP contribution >= 0.6 is 0 Å². The van der Waals surface area contributed by atoms with Crippen molar-refractivity contribution in [3.05, 3.63) is 18.2 Å². The molecule has 0 radical (unpaired) electrons. The molecular weight excluding hydrogens is 238 g/mol. The average molecular weight is 263 g/mol. The molecule has 0 unspecified atom stereocenters. The first-order valence-corrected chi connectivity index (χ1v) is 7.29. The molecule has 0 aliphatic heterocycles. The van der Waals surface area contributed by atoms with Crippen LogP contribution in [0.1, 0.15) is 26.2 Å². The molecule has 1 aromatic rings. The predicted molar refractivity (Wildman–Crippen MR) is 79.8 cm³/mol. The molecule has 0 aromatic carbocycles. The second kappa shape index (κ2) is 7.34. The van der Waals surface area contributed by atoms with Gasteiger partial charge < -0.3 is 15.0 Å². The lowest BCUT2D eigenvalue weighted by Gasteiger charge is -2.19. The molecule has 0 bridgehead atoms. The van der Waals surface area contributed by atoms with Gasteiger partial charge in [0.05, 0.1) is 6.61 Å². The lowest BCUT2D eigenvalue weighted by Crippen LogP contribution is -2.24. The Morgan fingerprint density at radius 2 is 2.26 bits per heavy atom. The Balaban J connectivity index is 1.74. The van der Waals surface area contributed by atoms with Gasteiger partial charge in [-0.25, -0.2) is 4.98 Å². The minimum absolute atomic E-state index is 0.779. The maximum Gasteiger partial charge on any atom is 0.130 e. The van der Waals surface area contributed by atoms with Crippen LogP contribution in [0.3, 0.4) is 0 Å². The zero-order valence-corrected chi connectivity index (χ0v) is 12.1. The normalized spacial score (nSPS) is 14.4. The van der Waals surface area contributed by atoms with Crippen molar-refractivity contribution in [2.45, 2.75) is 26.2 Å². The van der Waals surface area contributed by atoms with Gasteiger partial charge in [0, 0.05) is 26.7 Å². The van der Waals surface area contributed by atoms with Crippen molar-refractivity contribution in [3.8, 4) is 0 Å². The van der Waals surface area contributed by atoms with Crippen molar-refractivity contribution >= 4 is 11.6 Å². The minimum atomic E-state index is 0.779. The van der Waals surface area contributed by atoms with E-state index in [0.717, 1.165) is 50.3 Å². The van der Waals surface area contributed by atoms with E-state index in [2.05, 4.69) is 29.2 Å².